The predicted molar refractivity (Wildman–Crippen MR) is 75.3 cm³/mol. The molecule has 0 saturated carbocycles. The number of carbonyl (C=O) groups excluding carboxylic acids is 1. The van der Waals surface area contributed by atoms with Gasteiger partial charge in [-0.1, -0.05) is 4.49 Å². The van der Waals surface area contributed by atoms with Crippen LogP contribution >= 0.6 is 11.5 Å². The van der Waals surface area contributed by atoms with E-state index in [0.717, 1.165) is 11.5 Å². The monoisotopic (exact) mass is 293 g/mol. The summed E-state index contributed by atoms with van der Waals surface area (Å²) in [5.41, 5.74) is 2.51. The molecule has 8 heteroatoms. The molecular weight excluding hydrogens is 278 g/mol. The Bertz CT molecular complexity index is 618. The van der Waals surface area contributed by atoms with E-state index in [1.807, 2.05) is 6.92 Å². The van der Waals surface area contributed by atoms with E-state index in [0.29, 0.717) is 40.3 Å². The first-order valence-electron chi connectivity index (χ1n) is 6.11. The highest BCUT2D eigenvalue weighted by Crippen LogP contribution is 2.21. The van der Waals surface area contributed by atoms with Crippen LogP contribution in [0, 0.1) is 20.8 Å². The molecule has 1 N–H and O–H groups in total. The minimum absolute atomic E-state index is 0.253. The van der Waals surface area contributed by atoms with Crippen LogP contribution in [0.1, 0.15) is 33.7 Å². The second-order valence-electron chi connectivity index (χ2n) is 4.13. The van der Waals surface area contributed by atoms with Crippen molar-refractivity contribution in [1.29, 1.82) is 0 Å². The van der Waals surface area contributed by atoms with Gasteiger partial charge in [0.1, 0.15) is 4.88 Å². The molecule has 20 heavy (non-hydrogen) atoms. The third kappa shape index (κ3) is 2.90. The second kappa shape index (κ2) is 5.91. The van der Waals surface area contributed by atoms with Gasteiger partial charge in [0.05, 0.1) is 29.4 Å². The topological polar surface area (TPSA) is 89.9 Å². The number of ether oxygens (including phenoxy) is 1. The molecule has 0 atom stereocenters. The highest BCUT2D eigenvalue weighted by atomic mass is 32.1. The number of hydrogen-bond acceptors (Lipinski definition) is 7. The average Bonchev–Trinajstić information content (AvgIpc) is 2.80. The number of hydrogen-bond donors (Lipinski definition) is 1. The standard InChI is InChI=1S/C12H15N5O2S/c1-5-19-12-13-6(2)9(7(3)14-12)15-11(18)10-8(4)16-17-20-10/h5H2,1-4H3,(H,15,18). The Morgan fingerprint density at radius 1 is 1.20 bits per heavy atom. The number of carbonyl (C=O) groups is 1. The number of amides is 1. The van der Waals surface area contributed by atoms with Gasteiger partial charge in [-0.25, -0.2) is 0 Å². The minimum atomic E-state index is -0.253. The van der Waals surface area contributed by atoms with Gasteiger partial charge in [0.2, 0.25) is 0 Å². The van der Waals surface area contributed by atoms with Gasteiger partial charge in [-0.3, -0.25) is 4.79 Å². The van der Waals surface area contributed by atoms with E-state index in [1.54, 1.807) is 20.8 Å². The number of anilines is 1. The summed E-state index contributed by atoms with van der Waals surface area (Å²) in [6.45, 7) is 7.70. The molecule has 0 saturated heterocycles. The first-order chi connectivity index (χ1) is 9.52. The van der Waals surface area contributed by atoms with Gasteiger partial charge in [0.25, 0.3) is 5.91 Å². The van der Waals surface area contributed by atoms with E-state index >= 15 is 0 Å². The van der Waals surface area contributed by atoms with Crippen molar-refractivity contribution in [3.63, 3.8) is 0 Å². The summed E-state index contributed by atoms with van der Waals surface area (Å²) in [7, 11) is 0. The van der Waals surface area contributed by atoms with E-state index in [9.17, 15) is 4.79 Å². The van der Waals surface area contributed by atoms with Crippen molar-refractivity contribution in [3.8, 4) is 6.01 Å². The van der Waals surface area contributed by atoms with Gasteiger partial charge >= 0.3 is 6.01 Å². The lowest BCUT2D eigenvalue weighted by atomic mass is 10.2. The van der Waals surface area contributed by atoms with Crippen LogP contribution in [-0.4, -0.2) is 32.1 Å². The van der Waals surface area contributed by atoms with E-state index in [2.05, 4.69) is 24.9 Å². The molecule has 2 rings (SSSR count). The zero-order chi connectivity index (χ0) is 14.7. The number of aryl methyl sites for hydroxylation is 3. The fraction of sp³-hybridized carbons (Fsp3) is 0.417. The lowest BCUT2D eigenvalue weighted by Crippen LogP contribution is -2.15. The molecule has 1 amide bonds. The van der Waals surface area contributed by atoms with Crippen LogP contribution in [0.15, 0.2) is 0 Å². The molecule has 7 nitrogen and oxygen atoms in total. The van der Waals surface area contributed by atoms with Crippen LogP contribution in [0.3, 0.4) is 0 Å². The lowest BCUT2D eigenvalue weighted by Gasteiger charge is -2.11. The van der Waals surface area contributed by atoms with Crippen LogP contribution in [-0.2, 0) is 0 Å². The smallest absolute Gasteiger partial charge is 0.316 e. The van der Waals surface area contributed by atoms with E-state index in [-0.39, 0.29) is 5.91 Å². The quantitative estimate of drug-likeness (QED) is 0.926. The summed E-state index contributed by atoms with van der Waals surface area (Å²) >= 11 is 1.06. The summed E-state index contributed by atoms with van der Waals surface area (Å²) in [5, 5.41) is 6.62. The number of rotatable bonds is 4. The van der Waals surface area contributed by atoms with Gasteiger partial charge in [-0.2, -0.15) is 9.97 Å². The van der Waals surface area contributed by atoms with E-state index in [4.69, 9.17) is 4.74 Å². The molecule has 0 radical (unpaired) electrons. The van der Waals surface area contributed by atoms with Gasteiger partial charge in [0, 0.05) is 0 Å². The maximum Gasteiger partial charge on any atom is 0.316 e. The van der Waals surface area contributed by atoms with Crippen molar-refractivity contribution >= 4 is 23.1 Å². The Labute approximate surface area is 120 Å². The van der Waals surface area contributed by atoms with Gasteiger partial charge in [-0.15, -0.1) is 5.10 Å². The Morgan fingerprint density at radius 2 is 1.85 bits per heavy atom. The molecule has 2 aromatic rings. The van der Waals surface area contributed by atoms with Crippen molar-refractivity contribution in [2.45, 2.75) is 27.7 Å². The molecule has 106 valence electrons. The molecule has 0 aliphatic carbocycles. The number of aromatic nitrogens is 4. The highest BCUT2D eigenvalue weighted by Gasteiger charge is 2.17. The molecule has 0 aromatic carbocycles. The predicted octanol–water partition coefficient (Wildman–Crippen LogP) is 1.90. The Kier molecular flexibility index (Phi) is 4.23. The molecule has 0 bridgehead atoms. The molecule has 0 fully saturated rings. The van der Waals surface area contributed by atoms with Crippen molar-refractivity contribution < 1.29 is 9.53 Å². The molecule has 0 aliphatic rings. The van der Waals surface area contributed by atoms with Crippen LogP contribution in [0.4, 0.5) is 5.69 Å². The third-order valence-electron chi connectivity index (χ3n) is 2.62. The van der Waals surface area contributed by atoms with Crippen LogP contribution in [0.5, 0.6) is 6.01 Å². The van der Waals surface area contributed by atoms with Crippen molar-refractivity contribution in [2.24, 2.45) is 0 Å². The van der Waals surface area contributed by atoms with Gasteiger partial charge in [0.15, 0.2) is 0 Å². The Balaban J connectivity index is 2.26. The molecule has 0 spiro atoms. The van der Waals surface area contributed by atoms with Crippen LogP contribution < -0.4 is 10.1 Å². The summed E-state index contributed by atoms with van der Waals surface area (Å²) < 4.78 is 9.01. The molecule has 0 unspecified atom stereocenters. The third-order valence-corrected chi connectivity index (χ3v) is 3.45. The zero-order valence-electron chi connectivity index (χ0n) is 11.7. The normalized spacial score (nSPS) is 10.4. The summed E-state index contributed by atoms with van der Waals surface area (Å²) in [6.07, 6.45) is 0. The molecule has 2 aromatic heterocycles. The second-order valence-corrected chi connectivity index (χ2v) is 4.88. The fourth-order valence-electron chi connectivity index (χ4n) is 1.67. The summed E-state index contributed by atoms with van der Waals surface area (Å²) in [5.74, 6) is -0.253. The fourth-order valence-corrected chi connectivity index (χ4v) is 2.22. The summed E-state index contributed by atoms with van der Waals surface area (Å²) in [4.78, 5) is 21.0. The first-order valence-corrected chi connectivity index (χ1v) is 6.88. The van der Waals surface area contributed by atoms with E-state index in [1.165, 1.54) is 0 Å². The highest BCUT2D eigenvalue weighted by molar-refractivity contribution is 7.08. The molecule has 2 heterocycles. The van der Waals surface area contributed by atoms with E-state index < -0.39 is 0 Å². The van der Waals surface area contributed by atoms with Gasteiger partial charge < -0.3 is 10.1 Å². The zero-order valence-corrected chi connectivity index (χ0v) is 12.5. The lowest BCUT2D eigenvalue weighted by molar-refractivity contribution is 0.102. The van der Waals surface area contributed by atoms with Crippen molar-refractivity contribution in [2.75, 3.05) is 11.9 Å². The van der Waals surface area contributed by atoms with Crippen molar-refractivity contribution in [3.05, 3.63) is 22.0 Å². The van der Waals surface area contributed by atoms with Crippen LogP contribution in [0.2, 0.25) is 0 Å². The molecule has 0 aliphatic heterocycles. The van der Waals surface area contributed by atoms with Crippen molar-refractivity contribution in [1.82, 2.24) is 19.6 Å². The maximum absolute atomic E-state index is 12.1. The SMILES string of the molecule is CCOc1nc(C)c(NC(=O)c2snnc2C)c(C)n1. The minimum Gasteiger partial charge on any atom is -0.464 e. The van der Waals surface area contributed by atoms with Crippen LogP contribution in [0.25, 0.3) is 0 Å². The van der Waals surface area contributed by atoms with Gasteiger partial charge in [-0.05, 0) is 39.2 Å². The number of nitrogens with zero attached hydrogens (tertiary/aromatic N) is 4. The maximum atomic E-state index is 12.1. The Hall–Kier alpha value is -2.09. The average molecular weight is 293 g/mol. The largest absolute Gasteiger partial charge is 0.464 e. The first kappa shape index (κ1) is 14.3. The Morgan fingerprint density at radius 3 is 2.35 bits per heavy atom. The summed E-state index contributed by atoms with van der Waals surface area (Å²) in [6, 6.07) is 0.316. The number of nitrogens with one attached hydrogen (secondary N) is 1. The molecular formula is C12H15N5O2S.